The molecule has 0 N–H and O–H groups in total. The van der Waals surface area contributed by atoms with E-state index in [-0.39, 0.29) is 0 Å². The smallest absolute Gasteiger partial charge is 0.0528 e. The summed E-state index contributed by atoms with van der Waals surface area (Å²) in [6.07, 6.45) is 33.2. The van der Waals surface area contributed by atoms with Gasteiger partial charge in [-0.15, -0.1) is 0 Å². The Balaban J connectivity index is 0.959. The maximum absolute atomic E-state index is 4.64. The van der Waals surface area contributed by atoms with Crippen LogP contribution in [-0.4, -0.2) is 11.1 Å². The van der Waals surface area contributed by atoms with Crippen LogP contribution in [0, 0.1) is 0 Å². The monoisotopic (exact) mass is 862 g/mol. The first-order valence-electron chi connectivity index (χ1n) is 24.0. The Bertz CT molecular complexity index is 2930. The van der Waals surface area contributed by atoms with E-state index in [4.69, 9.17) is 0 Å². The third-order valence-corrected chi connectivity index (χ3v) is 13.2. The zero-order chi connectivity index (χ0) is 45.1. The number of fused-ring (bicyclic) bond motifs is 1. The molecule has 0 fully saturated rings. The van der Waals surface area contributed by atoms with Crippen molar-refractivity contribution in [1.82, 2.24) is 4.57 Å². The molecule has 9 rings (SSSR count). The lowest BCUT2D eigenvalue weighted by molar-refractivity contribution is 0.661. The van der Waals surface area contributed by atoms with Crippen molar-refractivity contribution in [2.45, 2.75) is 71.1 Å². The number of hydrogen-bond donors (Lipinski definition) is 0. The predicted molar refractivity (Wildman–Crippen MR) is 283 cm³/mol. The van der Waals surface area contributed by atoms with Gasteiger partial charge in [0.2, 0.25) is 0 Å². The number of rotatable bonds is 15. The zero-order valence-corrected chi connectivity index (χ0v) is 38.5. The van der Waals surface area contributed by atoms with Crippen molar-refractivity contribution in [1.29, 1.82) is 0 Å². The molecule has 0 saturated carbocycles. The maximum Gasteiger partial charge on any atom is 0.0528 e. The van der Waals surface area contributed by atoms with E-state index in [1.807, 2.05) is 0 Å². The van der Waals surface area contributed by atoms with Gasteiger partial charge in [-0.1, -0.05) is 129 Å². The number of benzene rings is 5. The Morgan fingerprint density at radius 1 is 0.667 bits per heavy atom. The summed E-state index contributed by atoms with van der Waals surface area (Å²) in [5.41, 5.74) is 16.2. The minimum absolute atomic E-state index is 0.705. The van der Waals surface area contributed by atoms with Crippen molar-refractivity contribution in [2.75, 3.05) is 21.2 Å². The van der Waals surface area contributed by atoms with Crippen LogP contribution in [0.2, 0.25) is 0 Å². The second-order valence-corrected chi connectivity index (χ2v) is 17.4. The molecule has 0 spiro atoms. The summed E-state index contributed by atoms with van der Waals surface area (Å²) in [5, 5.41) is 2.33. The second-order valence-electron chi connectivity index (χ2n) is 17.4. The highest BCUT2D eigenvalue weighted by Gasteiger charge is 2.20. The number of anilines is 4. The van der Waals surface area contributed by atoms with Crippen LogP contribution in [-0.2, 0) is 19.3 Å². The fourth-order valence-electron chi connectivity index (χ4n) is 9.83. The normalized spacial score (nSPS) is 15.2. The van der Waals surface area contributed by atoms with Gasteiger partial charge in [0.15, 0.2) is 0 Å². The lowest BCUT2D eigenvalue weighted by Gasteiger charge is -2.30. The van der Waals surface area contributed by atoms with Crippen molar-refractivity contribution in [3.8, 4) is 5.69 Å². The first-order valence-corrected chi connectivity index (χ1v) is 24.0. The van der Waals surface area contributed by atoms with Crippen molar-refractivity contribution >= 4 is 41.0 Å². The molecule has 0 aliphatic heterocycles. The number of aromatic nitrogens is 1. The van der Waals surface area contributed by atoms with Gasteiger partial charge in [-0.3, -0.25) is 0 Å². The SMILES string of the molecule is C=C(/C=C\CN(c1ccccc1)c1ccc(C2=CC=C(N(/C=C/C=c3\c(=C)c4c(n3-c3ccccc3)CCCC4)c3ccccc3)CC2)cc1)N(C1=CC=CCCC1)c1ccccc1CC. The third-order valence-electron chi connectivity index (χ3n) is 13.2. The standard InChI is InChI=1S/C62H62N4/c1-4-50-25-18-20-35-61(50)65(57-30-10-5-6-11-31-57)48(2)24-22-46-63(53-26-12-7-13-27-53)55-42-38-51(39-43-55)52-40-44-56(45-41-52)64(54-28-14-8-15-29-54)47-23-37-60-49(3)59-34-19-21-36-62(59)66(60)58-32-16-9-17-33-58/h5,7-10,12-18,20,22-30,32-33,35,37-40,42-44,47H,2-4,6,11,19,21,31,34,36,41,45-46H2,1H3/b24-22-,47-23+,60-37+. The van der Waals surface area contributed by atoms with Crippen LogP contribution in [0.15, 0.2) is 218 Å². The van der Waals surface area contributed by atoms with Gasteiger partial charge in [-0.2, -0.15) is 0 Å². The lowest BCUT2D eigenvalue weighted by atomic mass is 9.95. The molecule has 66 heavy (non-hydrogen) atoms. The highest BCUT2D eigenvalue weighted by Crippen LogP contribution is 2.35. The molecular formula is C62H62N4. The number of allylic oxidation sites excluding steroid dienone is 10. The van der Waals surface area contributed by atoms with Crippen molar-refractivity contribution in [3.05, 3.63) is 251 Å². The number of hydrogen-bond acceptors (Lipinski definition) is 3. The van der Waals surface area contributed by atoms with Crippen LogP contribution >= 0.6 is 0 Å². The van der Waals surface area contributed by atoms with E-state index in [0.29, 0.717) is 6.54 Å². The van der Waals surface area contributed by atoms with Gasteiger partial charge in [0.25, 0.3) is 0 Å². The molecule has 0 atom stereocenters. The van der Waals surface area contributed by atoms with Crippen molar-refractivity contribution in [2.24, 2.45) is 0 Å². The van der Waals surface area contributed by atoms with Crippen molar-refractivity contribution < 1.29 is 0 Å². The van der Waals surface area contributed by atoms with E-state index in [1.165, 1.54) is 68.9 Å². The summed E-state index contributed by atoms with van der Waals surface area (Å²) in [4.78, 5) is 7.09. The molecule has 1 aromatic heterocycles. The van der Waals surface area contributed by atoms with Gasteiger partial charge < -0.3 is 19.3 Å². The lowest BCUT2D eigenvalue weighted by Crippen LogP contribution is -2.28. The van der Waals surface area contributed by atoms with Crippen molar-refractivity contribution in [3.63, 3.8) is 0 Å². The van der Waals surface area contributed by atoms with Crippen LogP contribution in [0.25, 0.3) is 23.9 Å². The van der Waals surface area contributed by atoms with E-state index in [1.54, 1.807) is 0 Å². The molecule has 1 heterocycles. The van der Waals surface area contributed by atoms with E-state index < -0.39 is 0 Å². The molecule has 5 aromatic carbocycles. The summed E-state index contributed by atoms with van der Waals surface area (Å²) in [6.45, 7) is 12.2. The average Bonchev–Trinajstić information content (AvgIpc) is 3.48. The summed E-state index contributed by atoms with van der Waals surface area (Å²) in [6, 6.07) is 50.0. The summed E-state index contributed by atoms with van der Waals surface area (Å²) >= 11 is 0. The Kier molecular flexibility index (Phi) is 14.1. The molecule has 0 amide bonds. The van der Waals surface area contributed by atoms with Crippen LogP contribution in [0.5, 0.6) is 0 Å². The molecule has 330 valence electrons. The fraction of sp³-hybridized carbons (Fsp3) is 0.194. The molecule has 0 bridgehead atoms. The average molecular weight is 863 g/mol. The minimum Gasteiger partial charge on any atom is -0.338 e. The number of aryl methyl sites for hydroxylation is 1. The topological polar surface area (TPSA) is 14.7 Å². The molecule has 0 unspecified atom stereocenters. The Labute approximate surface area is 392 Å². The molecule has 6 aromatic rings. The van der Waals surface area contributed by atoms with E-state index in [0.717, 1.165) is 79.3 Å². The van der Waals surface area contributed by atoms with Gasteiger partial charge in [-0.05, 0) is 177 Å². The summed E-state index contributed by atoms with van der Waals surface area (Å²) < 4.78 is 2.44. The third kappa shape index (κ3) is 9.84. The molecule has 0 saturated heterocycles. The Morgan fingerprint density at radius 3 is 2.11 bits per heavy atom. The van der Waals surface area contributed by atoms with E-state index >= 15 is 0 Å². The summed E-state index contributed by atoms with van der Waals surface area (Å²) in [5.74, 6) is 0. The Morgan fingerprint density at radius 2 is 1.36 bits per heavy atom. The van der Waals surface area contributed by atoms with Gasteiger partial charge in [0.05, 0.1) is 5.35 Å². The predicted octanol–water partition coefficient (Wildman–Crippen LogP) is 14.2. The van der Waals surface area contributed by atoms with Crippen LogP contribution < -0.4 is 25.3 Å². The molecule has 3 aliphatic rings. The highest BCUT2D eigenvalue weighted by molar-refractivity contribution is 5.73. The Hall–Kier alpha value is -7.30. The molecule has 3 aliphatic carbocycles. The highest BCUT2D eigenvalue weighted by atomic mass is 15.2. The minimum atomic E-state index is 0.705. The number of para-hydroxylation sites is 4. The first kappa shape index (κ1) is 43.9. The maximum atomic E-state index is 4.64. The van der Waals surface area contributed by atoms with Crippen LogP contribution in [0.1, 0.15) is 74.3 Å². The van der Waals surface area contributed by atoms with Crippen LogP contribution in [0.3, 0.4) is 0 Å². The largest absolute Gasteiger partial charge is 0.338 e. The van der Waals surface area contributed by atoms with Gasteiger partial charge in [0.1, 0.15) is 0 Å². The summed E-state index contributed by atoms with van der Waals surface area (Å²) in [7, 11) is 0. The van der Waals surface area contributed by atoms with Crippen LogP contribution in [0.4, 0.5) is 22.7 Å². The molecular weight excluding hydrogens is 801 g/mol. The van der Waals surface area contributed by atoms with Gasteiger partial charge in [0, 0.05) is 64.0 Å². The molecule has 0 radical (unpaired) electrons. The fourth-order valence-corrected chi connectivity index (χ4v) is 9.83. The van der Waals surface area contributed by atoms with E-state index in [2.05, 4.69) is 240 Å². The van der Waals surface area contributed by atoms with E-state index in [9.17, 15) is 0 Å². The zero-order valence-electron chi connectivity index (χ0n) is 38.5. The van der Waals surface area contributed by atoms with Gasteiger partial charge >= 0.3 is 0 Å². The van der Waals surface area contributed by atoms with Gasteiger partial charge in [-0.25, -0.2) is 0 Å². The first-order chi connectivity index (χ1) is 32.6. The molecule has 4 nitrogen and oxygen atoms in total. The number of nitrogens with zero attached hydrogens (tertiary/aromatic N) is 4. The second kappa shape index (κ2) is 21.1. The quantitative estimate of drug-likeness (QED) is 0.0956. The molecule has 4 heteroatoms.